The van der Waals surface area contributed by atoms with Gasteiger partial charge in [0.15, 0.2) is 5.78 Å². The van der Waals surface area contributed by atoms with Gasteiger partial charge >= 0.3 is 0 Å². The summed E-state index contributed by atoms with van der Waals surface area (Å²) >= 11 is 7.39. The van der Waals surface area contributed by atoms with Crippen LogP contribution in [0.2, 0.25) is 5.02 Å². The second-order valence-corrected chi connectivity index (χ2v) is 5.03. The smallest absolute Gasteiger partial charge is 0.177 e. The summed E-state index contributed by atoms with van der Waals surface area (Å²) in [6, 6.07) is 9.40. The summed E-state index contributed by atoms with van der Waals surface area (Å²) in [5.41, 5.74) is 2.11. The number of halogens is 1. The molecule has 2 aromatic rings. The number of aryl methyl sites for hydroxylation is 1. The summed E-state index contributed by atoms with van der Waals surface area (Å²) in [4.78, 5) is 12.7. The van der Waals surface area contributed by atoms with Gasteiger partial charge in [-0.05, 0) is 41.6 Å². The predicted molar refractivity (Wildman–Crippen MR) is 68.5 cm³/mol. The van der Waals surface area contributed by atoms with Crippen LogP contribution in [0, 0.1) is 6.92 Å². The first-order valence-corrected chi connectivity index (χ1v) is 6.24. The number of benzene rings is 1. The van der Waals surface area contributed by atoms with Crippen molar-refractivity contribution < 1.29 is 4.79 Å². The van der Waals surface area contributed by atoms with E-state index in [1.165, 1.54) is 11.3 Å². The first-order chi connectivity index (χ1) is 7.66. The van der Waals surface area contributed by atoms with Gasteiger partial charge in [-0.3, -0.25) is 4.79 Å². The molecule has 0 bridgehead atoms. The molecule has 0 saturated heterocycles. The Balaban J connectivity index is 2.21. The molecule has 0 N–H and O–H groups in total. The molecule has 1 aromatic heterocycles. The van der Waals surface area contributed by atoms with E-state index in [-0.39, 0.29) is 5.78 Å². The van der Waals surface area contributed by atoms with Crippen LogP contribution >= 0.6 is 22.9 Å². The Labute approximate surface area is 104 Å². The zero-order valence-corrected chi connectivity index (χ0v) is 10.4. The molecule has 0 aliphatic heterocycles. The van der Waals surface area contributed by atoms with Gasteiger partial charge < -0.3 is 0 Å². The molecule has 0 amide bonds. The highest BCUT2D eigenvalue weighted by Gasteiger charge is 2.09. The van der Waals surface area contributed by atoms with E-state index in [2.05, 4.69) is 0 Å². The van der Waals surface area contributed by atoms with Crippen LogP contribution in [-0.2, 0) is 6.42 Å². The fourth-order valence-corrected chi connectivity index (χ4v) is 2.39. The summed E-state index contributed by atoms with van der Waals surface area (Å²) in [5.74, 6) is 0.153. The van der Waals surface area contributed by atoms with E-state index in [0.717, 1.165) is 16.0 Å². The summed E-state index contributed by atoms with van der Waals surface area (Å²) in [5, 5.41) is 2.59. The molecule has 0 atom stereocenters. The second-order valence-electron chi connectivity index (χ2n) is 3.65. The fraction of sp³-hybridized carbons (Fsp3) is 0.154. The molecular formula is C13H11ClOS. The van der Waals surface area contributed by atoms with Gasteiger partial charge in [-0.15, -0.1) is 11.3 Å². The zero-order valence-electron chi connectivity index (χ0n) is 8.87. The minimum atomic E-state index is 0.153. The van der Waals surface area contributed by atoms with E-state index >= 15 is 0 Å². The maximum Gasteiger partial charge on any atom is 0.177 e. The molecule has 0 unspecified atom stereocenters. The van der Waals surface area contributed by atoms with Crippen LogP contribution in [0.15, 0.2) is 35.7 Å². The second kappa shape index (κ2) is 4.81. The van der Waals surface area contributed by atoms with Gasteiger partial charge in [-0.2, -0.15) is 0 Å². The zero-order chi connectivity index (χ0) is 11.5. The summed E-state index contributed by atoms with van der Waals surface area (Å²) in [6.45, 7) is 1.99. The number of carbonyl (C=O) groups is 1. The molecule has 0 saturated carbocycles. The average Bonchev–Trinajstić information content (AvgIpc) is 2.76. The molecule has 0 radical (unpaired) electrons. The van der Waals surface area contributed by atoms with Crippen LogP contribution in [0.1, 0.15) is 20.8 Å². The van der Waals surface area contributed by atoms with E-state index in [9.17, 15) is 4.79 Å². The first-order valence-electron chi connectivity index (χ1n) is 4.98. The molecule has 82 valence electrons. The van der Waals surface area contributed by atoms with Gasteiger partial charge in [0.2, 0.25) is 0 Å². The number of thiophene rings is 1. The number of hydrogen-bond donors (Lipinski definition) is 0. The summed E-state index contributed by atoms with van der Waals surface area (Å²) < 4.78 is 0. The van der Waals surface area contributed by atoms with Crippen molar-refractivity contribution in [3.05, 3.63) is 56.7 Å². The quantitative estimate of drug-likeness (QED) is 0.749. The monoisotopic (exact) mass is 250 g/mol. The highest BCUT2D eigenvalue weighted by Crippen LogP contribution is 2.19. The van der Waals surface area contributed by atoms with Crippen molar-refractivity contribution in [1.82, 2.24) is 0 Å². The minimum absolute atomic E-state index is 0.153. The van der Waals surface area contributed by atoms with Crippen LogP contribution in [0.4, 0.5) is 0 Å². The van der Waals surface area contributed by atoms with Crippen molar-refractivity contribution in [2.45, 2.75) is 13.3 Å². The van der Waals surface area contributed by atoms with Gasteiger partial charge in [0, 0.05) is 11.4 Å². The lowest BCUT2D eigenvalue weighted by molar-refractivity contribution is 0.0996. The lowest BCUT2D eigenvalue weighted by Gasteiger charge is -2.04. The first kappa shape index (κ1) is 11.4. The van der Waals surface area contributed by atoms with Gasteiger partial charge in [0.25, 0.3) is 0 Å². The number of carbonyl (C=O) groups excluding carboxylic acids is 1. The molecule has 0 spiro atoms. The van der Waals surface area contributed by atoms with Gasteiger partial charge in [0.1, 0.15) is 0 Å². The van der Waals surface area contributed by atoms with Crippen molar-refractivity contribution in [3.8, 4) is 0 Å². The maximum absolute atomic E-state index is 11.9. The van der Waals surface area contributed by atoms with Crippen molar-refractivity contribution in [2.75, 3.05) is 0 Å². The van der Waals surface area contributed by atoms with Crippen LogP contribution < -0.4 is 0 Å². The number of ketones is 1. The van der Waals surface area contributed by atoms with E-state index in [4.69, 9.17) is 11.6 Å². The fourth-order valence-electron chi connectivity index (χ4n) is 1.53. The maximum atomic E-state index is 11.9. The van der Waals surface area contributed by atoms with E-state index in [1.54, 1.807) is 0 Å². The number of hydrogen-bond acceptors (Lipinski definition) is 2. The van der Waals surface area contributed by atoms with Crippen LogP contribution in [0.25, 0.3) is 0 Å². The largest absolute Gasteiger partial charge is 0.293 e. The molecule has 1 nitrogen and oxygen atoms in total. The number of rotatable bonds is 3. The lowest BCUT2D eigenvalue weighted by atomic mass is 10.0. The Kier molecular flexibility index (Phi) is 3.42. The standard InChI is InChI=1S/C13H11ClOS/c1-9-4-5-11(14)7-10(9)8-12(15)13-3-2-6-16-13/h2-7H,8H2,1H3. The molecule has 16 heavy (non-hydrogen) atoms. The topological polar surface area (TPSA) is 17.1 Å². The molecule has 0 aliphatic carbocycles. The third kappa shape index (κ3) is 2.52. The van der Waals surface area contributed by atoms with Crippen molar-refractivity contribution in [3.63, 3.8) is 0 Å². The Morgan fingerprint density at radius 3 is 2.88 bits per heavy atom. The molecular weight excluding hydrogens is 240 g/mol. The minimum Gasteiger partial charge on any atom is -0.293 e. The summed E-state index contributed by atoms with van der Waals surface area (Å²) in [6.07, 6.45) is 0.424. The van der Waals surface area contributed by atoms with Crippen molar-refractivity contribution >= 4 is 28.7 Å². The Morgan fingerprint density at radius 1 is 1.38 bits per heavy atom. The normalized spacial score (nSPS) is 10.4. The van der Waals surface area contributed by atoms with Crippen LogP contribution in [0.3, 0.4) is 0 Å². The highest BCUT2D eigenvalue weighted by molar-refractivity contribution is 7.12. The highest BCUT2D eigenvalue weighted by atomic mass is 35.5. The molecule has 0 fully saturated rings. The van der Waals surface area contributed by atoms with E-state index < -0.39 is 0 Å². The molecule has 2 rings (SSSR count). The van der Waals surface area contributed by atoms with Crippen molar-refractivity contribution in [1.29, 1.82) is 0 Å². The third-order valence-corrected chi connectivity index (χ3v) is 3.60. The molecule has 0 aliphatic rings. The Hall–Kier alpha value is -1.12. The molecule has 1 heterocycles. The van der Waals surface area contributed by atoms with Gasteiger partial charge in [0.05, 0.1) is 4.88 Å². The lowest BCUT2D eigenvalue weighted by Crippen LogP contribution is -2.02. The van der Waals surface area contributed by atoms with Gasteiger partial charge in [-0.1, -0.05) is 23.7 Å². The van der Waals surface area contributed by atoms with Gasteiger partial charge in [-0.25, -0.2) is 0 Å². The third-order valence-electron chi connectivity index (χ3n) is 2.46. The number of Topliss-reactive ketones (excluding diaryl/α,β-unsaturated/α-hetero) is 1. The SMILES string of the molecule is Cc1ccc(Cl)cc1CC(=O)c1cccs1. The molecule has 3 heteroatoms. The van der Waals surface area contributed by atoms with Crippen LogP contribution in [0.5, 0.6) is 0 Å². The Bertz CT molecular complexity index is 503. The molecule has 1 aromatic carbocycles. The predicted octanol–water partition coefficient (Wildman–Crippen LogP) is 4.14. The summed E-state index contributed by atoms with van der Waals surface area (Å²) in [7, 11) is 0. The van der Waals surface area contributed by atoms with Crippen molar-refractivity contribution in [2.24, 2.45) is 0 Å². The van der Waals surface area contributed by atoms with E-state index in [0.29, 0.717) is 11.4 Å². The van der Waals surface area contributed by atoms with Crippen LogP contribution in [-0.4, -0.2) is 5.78 Å². The Morgan fingerprint density at radius 2 is 2.19 bits per heavy atom. The average molecular weight is 251 g/mol. The van der Waals surface area contributed by atoms with E-state index in [1.807, 2.05) is 42.6 Å².